The molecular weight excluding hydrogens is 682 g/mol. The first-order valence-corrected chi connectivity index (χ1v) is 13.0. The van der Waals surface area contributed by atoms with Crippen molar-refractivity contribution in [2.45, 2.75) is 50.7 Å². The zero-order valence-corrected chi connectivity index (χ0v) is 23.6. The van der Waals surface area contributed by atoms with E-state index in [1.165, 1.54) is 6.92 Å². The number of nitrogens with zero attached hydrogens (tertiary/aromatic N) is 5. The summed E-state index contributed by atoms with van der Waals surface area (Å²) in [6, 6.07) is 4.48. The molecule has 1 atom stereocenters. The molecule has 0 saturated heterocycles. The SMILES string of the molecule is Cc1cc(C2=NOC(c3cc(Cl)c(F)c(Cl)c3)(C(F)(F)F)C2)ccc1C(=O)N(CC(F)F)c1nc(C(F)(F)F)n(CC(F)F)n1. The number of aryl methyl sites for hydroxylation is 1. The van der Waals surface area contributed by atoms with Gasteiger partial charge in [-0.3, -0.25) is 9.69 Å². The van der Waals surface area contributed by atoms with Crippen molar-refractivity contribution >= 4 is 40.8 Å². The number of benzene rings is 2. The van der Waals surface area contributed by atoms with Gasteiger partial charge in [-0.25, -0.2) is 26.6 Å². The normalized spacial score (nSPS) is 17.2. The maximum atomic E-state index is 14.3. The van der Waals surface area contributed by atoms with Gasteiger partial charge in [-0.2, -0.15) is 31.3 Å². The summed E-state index contributed by atoms with van der Waals surface area (Å²) in [7, 11) is 0. The fourth-order valence-electron chi connectivity index (χ4n) is 4.38. The van der Waals surface area contributed by atoms with E-state index < -0.39 is 95.0 Å². The average molecular weight is 698 g/mol. The van der Waals surface area contributed by atoms with Gasteiger partial charge in [-0.05, 0) is 42.3 Å². The first-order valence-electron chi connectivity index (χ1n) is 12.2. The van der Waals surface area contributed by atoms with E-state index in [2.05, 4.69) is 15.2 Å². The molecule has 3 aromatic rings. The van der Waals surface area contributed by atoms with Crippen molar-refractivity contribution in [2.75, 3.05) is 11.4 Å². The van der Waals surface area contributed by atoms with Gasteiger partial charge in [0, 0.05) is 17.5 Å². The Morgan fingerprint density at radius 1 is 1.04 bits per heavy atom. The predicted octanol–water partition coefficient (Wildman–Crippen LogP) is 7.81. The second-order valence-electron chi connectivity index (χ2n) is 9.53. The molecule has 20 heteroatoms. The highest BCUT2D eigenvalue weighted by molar-refractivity contribution is 6.35. The zero-order chi connectivity index (χ0) is 33.6. The van der Waals surface area contributed by atoms with E-state index in [1.54, 1.807) is 0 Å². The number of carbonyl (C=O) groups excluding carboxylic acids is 1. The molecule has 0 radical (unpaired) electrons. The first kappa shape index (κ1) is 34.2. The van der Waals surface area contributed by atoms with Crippen LogP contribution in [0.15, 0.2) is 35.5 Å². The number of hydrogen-bond acceptors (Lipinski definition) is 5. The molecule has 244 valence electrons. The summed E-state index contributed by atoms with van der Waals surface area (Å²) in [5, 5.41) is 5.28. The van der Waals surface area contributed by atoms with Crippen LogP contribution in [0.4, 0.5) is 54.2 Å². The van der Waals surface area contributed by atoms with Crippen molar-refractivity contribution in [1.82, 2.24) is 14.8 Å². The lowest BCUT2D eigenvalue weighted by atomic mass is 9.86. The van der Waals surface area contributed by atoms with Crippen molar-refractivity contribution in [3.8, 4) is 0 Å². The minimum Gasteiger partial charge on any atom is -0.374 e. The minimum atomic E-state index is -5.34. The van der Waals surface area contributed by atoms with Crippen LogP contribution in [0, 0.1) is 12.7 Å². The molecule has 2 heterocycles. The number of alkyl halides is 10. The molecule has 1 amide bonds. The molecule has 0 saturated carbocycles. The lowest BCUT2D eigenvalue weighted by Gasteiger charge is -2.29. The number of oxime groups is 1. The van der Waals surface area contributed by atoms with E-state index in [1.807, 2.05) is 0 Å². The van der Waals surface area contributed by atoms with Gasteiger partial charge in [0.25, 0.3) is 30.3 Å². The minimum absolute atomic E-state index is 0.0476. The second kappa shape index (κ2) is 12.3. The summed E-state index contributed by atoms with van der Waals surface area (Å²) in [6.07, 6.45) is -18.1. The molecule has 7 nitrogen and oxygen atoms in total. The van der Waals surface area contributed by atoms with Crippen molar-refractivity contribution < 1.29 is 57.9 Å². The third-order valence-corrected chi connectivity index (χ3v) is 7.01. The second-order valence-corrected chi connectivity index (χ2v) is 10.3. The summed E-state index contributed by atoms with van der Waals surface area (Å²) in [6.45, 7) is -1.91. The van der Waals surface area contributed by atoms with E-state index >= 15 is 0 Å². The Morgan fingerprint density at radius 2 is 1.67 bits per heavy atom. The standard InChI is InChI=1S/C25H16Cl2F11N5O2/c1-10-4-11(16-7-23(45-41-16,25(36,37)38)12-5-14(26)19(32)15(27)6-12)2-3-13(10)20(44)42(8-17(28)29)22-39-21(24(33,34)35)43(40-22)9-18(30)31/h2-6,17-18H,7-9H2,1H3. The van der Waals surface area contributed by atoms with Crippen LogP contribution in [0.1, 0.15) is 39.3 Å². The highest BCUT2D eigenvalue weighted by atomic mass is 35.5. The smallest absolute Gasteiger partial charge is 0.374 e. The van der Waals surface area contributed by atoms with Gasteiger partial charge in [-0.1, -0.05) is 34.4 Å². The Kier molecular flexibility index (Phi) is 9.32. The highest BCUT2D eigenvalue weighted by Gasteiger charge is 2.62. The van der Waals surface area contributed by atoms with Gasteiger partial charge in [0.15, 0.2) is 5.82 Å². The van der Waals surface area contributed by atoms with Gasteiger partial charge >= 0.3 is 12.4 Å². The maximum Gasteiger partial charge on any atom is 0.451 e. The van der Waals surface area contributed by atoms with E-state index in [0.29, 0.717) is 12.1 Å². The molecule has 45 heavy (non-hydrogen) atoms. The van der Waals surface area contributed by atoms with E-state index in [-0.39, 0.29) is 26.4 Å². The quantitative estimate of drug-likeness (QED) is 0.178. The Balaban J connectivity index is 1.68. The summed E-state index contributed by atoms with van der Waals surface area (Å²) in [5.74, 6) is -5.74. The number of anilines is 1. The predicted molar refractivity (Wildman–Crippen MR) is 136 cm³/mol. The van der Waals surface area contributed by atoms with Crippen LogP contribution in [0.2, 0.25) is 10.0 Å². The Morgan fingerprint density at radius 3 is 2.18 bits per heavy atom. The van der Waals surface area contributed by atoms with Gasteiger partial charge in [-0.15, -0.1) is 5.10 Å². The van der Waals surface area contributed by atoms with Crippen LogP contribution in [0.25, 0.3) is 0 Å². The Labute approximate surface area is 255 Å². The highest BCUT2D eigenvalue weighted by Crippen LogP contribution is 2.50. The van der Waals surface area contributed by atoms with Crippen molar-refractivity contribution in [3.05, 3.63) is 74.3 Å². The van der Waals surface area contributed by atoms with Crippen LogP contribution in [-0.4, -0.2) is 52.0 Å². The average Bonchev–Trinajstić information content (AvgIpc) is 3.55. The lowest BCUT2D eigenvalue weighted by Crippen LogP contribution is -2.42. The maximum absolute atomic E-state index is 14.3. The third-order valence-electron chi connectivity index (χ3n) is 6.46. The van der Waals surface area contributed by atoms with Gasteiger partial charge < -0.3 is 4.84 Å². The molecular formula is C25H16Cl2F11N5O2. The lowest BCUT2D eigenvalue weighted by molar-refractivity contribution is -0.275. The topological polar surface area (TPSA) is 72.6 Å². The molecule has 0 aliphatic carbocycles. The van der Waals surface area contributed by atoms with Gasteiger partial charge in [0.1, 0.15) is 6.54 Å². The number of rotatable bonds is 8. The van der Waals surface area contributed by atoms with Crippen LogP contribution in [-0.2, 0) is 23.2 Å². The molecule has 4 rings (SSSR count). The summed E-state index contributed by atoms with van der Waals surface area (Å²) >= 11 is 11.4. The summed E-state index contributed by atoms with van der Waals surface area (Å²) in [5.41, 5.74) is -4.69. The number of aromatic nitrogens is 3. The Hall–Kier alpha value is -3.67. The summed E-state index contributed by atoms with van der Waals surface area (Å²) in [4.78, 5) is 21.1. The molecule has 0 spiro atoms. The number of carbonyl (C=O) groups is 1. The van der Waals surface area contributed by atoms with Crippen molar-refractivity contribution in [2.24, 2.45) is 5.16 Å². The molecule has 0 N–H and O–H groups in total. The number of amides is 1. The molecule has 1 unspecified atom stereocenters. The molecule has 1 aliphatic heterocycles. The largest absolute Gasteiger partial charge is 0.451 e. The van der Waals surface area contributed by atoms with Gasteiger partial charge in [0.05, 0.1) is 22.3 Å². The van der Waals surface area contributed by atoms with E-state index in [4.69, 9.17) is 28.0 Å². The first-order chi connectivity index (χ1) is 20.7. The number of halogens is 13. The molecule has 1 aromatic heterocycles. The molecule has 1 aliphatic rings. The number of hydrogen-bond donors (Lipinski definition) is 0. The van der Waals surface area contributed by atoms with Crippen LogP contribution >= 0.6 is 23.2 Å². The fraction of sp³-hybridized carbons (Fsp3) is 0.360. The third kappa shape index (κ3) is 6.80. The molecule has 2 aromatic carbocycles. The Bertz CT molecular complexity index is 1620. The van der Waals surface area contributed by atoms with Crippen LogP contribution in [0.5, 0.6) is 0 Å². The van der Waals surface area contributed by atoms with Crippen LogP contribution < -0.4 is 4.90 Å². The van der Waals surface area contributed by atoms with Gasteiger partial charge in [0.2, 0.25) is 5.82 Å². The van der Waals surface area contributed by atoms with E-state index in [9.17, 15) is 53.1 Å². The van der Waals surface area contributed by atoms with Crippen molar-refractivity contribution in [3.63, 3.8) is 0 Å². The molecule has 0 bridgehead atoms. The van der Waals surface area contributed by atoms with Crippen LogP contribution in [0.3, 0.4) is 0 Å². The summed E-state index contributed by atoms with van der Waals surface area (Å²) < 4.78 is 149. The zero-order valence-electron chi connectivity index (χ0n) is 22.1. The van der Waals surface area contributed by atoms with E-state index in [0.717, 1.165) is 18.2 Å². The van der Waals surface area contributed by atoms with Crippen molar-refractivity contribution in [1.29, 1.82) is 0 Å². The monoisotopic (exact) mass is 697 g/mol. The fourth-order valence-corrected chi connectivity index (χ4v) is 4.87. The molecule has 0 fully saturated rings.